The van der Waals surface area contributed by atoms with Gasteiger partial charge < -0.3 is 10.6 Å². The lowest BCUT2D eigenvalue weighted by Crippen LogP contribution is -2.39. The number of rotatable bonds is 2. The molecule has 0 saturated carbocycles. The minimum Gasteiger partial charge on any atom is -0.356 e. The lowest BCUT2D eigenvalue weighted by molar-refractivity contribution is -0.173. The van der Waals surface area contributed by atoms with Crippen molar-refractivity contribution in [1.82, 2.24) is 10.6 Å². The number of hydrogen-bond donors (Lipinski definition) is 2. The summed E-state index contributed by atoms with van der Waals surface area (Å²) < 4.78 is 35.1. The maximum absolute atomic E-state index is 11.7. The van der Waals surface area contributed by atoms with Crippen LogP contribution in [0.4, 0.5) is 13.2 Å². The zero-order valence-electron chi connectivity index (χ0n) is 7.15. The second kappa shape index (κ2) is 3.85. The van der Waals surface area contributed by atoms with E-state index in [0.29, 0.717) is 6.54 Å². The van der Waals surface area contributed by atoms with Crippen molar-refractivity contribution in [3.63, 3.8) is 0 Å². The highest BCUT2D eigenvalue weighted by Gasteiger charge is 2.38. The van der Waals surface area contributed by atoms with Gasteiger partial charge in [0.2, 0.25) is 5.91 Å². The molecule has 0 spiro atoms. The first-order chi connectivity index (χ1) is 6.39. The van der Waals surface area contributed by atoms with Crippen LogP contribution in [0.2, 0.25) is 0 Å². The summed E-state index contributed by atoms with van der Waals surface area (Å²) in [5.41, 5.74) is 0. The summed E-state index contributed by atoms with van der Waals surface area (Å²) >= 11 is 0. The SMILES string of the molecule is O=C1CC(CNC(=O)C(F)(F)F)CN1. The van der Waals surface area contributed by atoms with Crippen molar-refractivity contribution in [2.24, 2.45) is 5.92 Å². The number of halogens is 3. The van der Waals surface area contributed by atoms with Gasteiger partial charge in [-0.3, -0.25) is 9.59 Å². The fourth-order valence-corrected chi connectivity index (χ4v) is 1.15. The van der Waals surface area contributed by atoms with Crippen molar-refractivity contribution in [3.05, 3.63) is 0 Å². The quantitative estimate of drug-likeness (QED) is 0.663. The summed E-state index contributed by atoms with van der Waals surface area (Å²) in [7, 11) is 0. The lowest BCUT2D eigenvalue weighted by Gasteiger charge is -2.10. The molecule has 7 heteroatoms. The molecule has 80 valence electrons. The summed E-state index contributed by atoms with van der Waals surface area (Å²) in [5.74, 6) is -2.40. The van der Waals surface area contributed by atoms with E-state index in [1.54, 1.807) is 5.32 Å². The fraction of sp³-hybridized carbons (Fsp3) is 0.714. The molecule has 1 aliphatic rings. The highest BCUT2D eigenvalue weighted by molar-refractivity contribution is 5.82. The average molecular weight is 210 g/mol. The molecule has 1 unspecified atom stereocenters. The predicted molar refractivity (Wildman–Crippen MR) is 40.2 cm³/mol. The number of amides is 2. The van der Waals surface area contributed by atoms with E-state index in [-0.39, 0.29) is 24.8 Å². The van der Waals surface area contributed by atoms with E-state index in [1.807, 2.05) is 0 Å². The van der Waals surface area contributed by atoms with Crippen molar-refractivity contribution >= 4 is 11.8 Å². The van der Waals surface area contributed by atoms with Gasteiger partial charge in [0.25, 0.3) is 0 Å². The molecule has 1 saturated heterocycles. The van der Waals surface area contributed by atoms with Crippen LogP contribution in [0, 0.1) is 5.92 Å². The Labute approximate surface area is 77.8 Å². The van der Waals surface area contributed by atoms with E-state index in [1.165, 1.54) is 0 Å². The molecule has 1 aliphatic heterocycles. The monoisotopic (exact) mass is 210 g/mol. The molecule has 0 radical (unpaired) electrons. The zero-order chi connectivity index (χ0) is 10.8. The third-order valence-electron chi connectivity index (χ3n) is 1.87. The Morgan fingerprint density at radius 2 is 2.21 bits per heavy atom. The Kier molecular flexibility index (Phi) is 2.97. The van der Waals surface area contributed by atoms with Gasteiger partial charge in [0.05, 0.1) is 0 Å². The molecular formula is C7H9F3N2O2. The van der Waals surface area contributed by atoms with Crippen LogP contribution in [0.5, 0.6) is 0 Å². The molecule has 14 heavy (non-hydrogen) atoms. The largest absolute Gasteiger partial charge is 0.471 e. The van der Waals surface area contributed by atoms with E-state index < -0.39 is 12.1 Å². The standard InChI is InChI=1S/C7H9F3N2O2/c8-7(9,10)6(14)12-3-4-1-5(13)11-2-4/h4H,1-3H2,(H,11,13)(H,12,14). The van der Waals surface area contributed by atoms with Crippen molar-refractivity contribution in [3.8, 4) is 0 Å². The molecule has 1 fully saturated rings. The maximum atomic E-state index is 11.7. The molecule has 0 aromatic heterocycles. The Morgan fingerprint density at radius 1 is 1.57 bits per heavy atom. The van der Waals surface area contributed by atoms with Crippen LogP contribution >= 0.6 is 0 Å². The van der Waals surface area contributed by atoms with Crippen LogP contribution in [0.1, 0.15) is 6.42 Å². The first-order valence-electron chi connectivity index (χ1n) is 4.01. The zero-order valence-corrected chi connectivity index (χ0v) is 7.15. The molecule has 2 amide bonds. The van der Waals surface area contributed by atoms with Crippen LogP contribution in [0.25, 0.3) is 0 Å². The van der Waals surface area contributed by atoms with Crippen molar-refractivity contribution in [2.75, 3.05) is 13.1 Å². The minimum atomic E-state index is -4.85. The van der Waals surface area contributed by atoms with Crippen LogP contribution in [-0.4, -0.2) is 31.1 Å². The van der Waals surface area contributed by atoms with Gasteiger partial charge in [0.1, 0.15) is 0 Å². The number of alkyl halides is 3. The third-order valence-corrected chi connectivity index (χ3v) is 1.87. The summed E-state index contributed by atoms with van der Waals surface area (Å²) in [4.78, 5) is 21.0. The lowest BCUT2D eigenvalue weighted by atomic mass is 10.1. The van der Waals surface area contributed by atoms with Gasteiger partial charge in [-0.25, -0.2) is 0 Å². The van der Waals surface area contributed by atoms with E-state index in [4.69, 9.17) is 0 Å². The molecule has 0 aromatic rings. The molecule has 0 bridgehead atoms. The summed E-state index contributed by atoms with van der Waals surface area (Å²) in [6, 6.07) is 0. The first kappa shape index (κ1) is 10.8. The van der Waals surface area contributed by atoms with E-state index >= 15 is 0 Å². The summed E-state index contributed by atoms with van der Waals surface area (Å²) in [6.07, 6.45) is -4.69. The molecular weight excluding hydrogens is 201 g/mol. The molecule has 0 aromatic carbocycles. The molecule has 1 rings (SSSR count). The van der Waals surface area contributed by atoms with Crippen LogP contribution < -0.4 is 10.6 Å². The Bertz CT molecular complexity index is 252. The number of carbonyl (C=O) groups excluding carboxylic acids is 2. The first-order valence-corrected chi connectivity index (χ1v) is 4.01. The van der Waals surface area contributed by atoms with Gasteiger partial charge in [-0.2, -0.15) is 13.2 Å². The number of hydrogen-bond acceptors (Lipinski definition) is 2. The van der Waals surface area contributed by atoms with Crippen LogP contribution in [0.3, 0.4) is 0 Å². The summed E-state index contributed by atoms with van der Waals surface area (Å²) in [5, 5.41) is 4.19. The highest BCUT2D eigenvalue weighted by Crippen LogP contribution is 2.15. The second-order valence-corrected chi connectivity index (χ2v) is 3.08. The van der Waals surface area contributed by atoms with Gasteiger partial charge in [-0.05, 0) is 0 Å². The van der Waals surface area contributed by atoms with E-state index in [9.17, 15) is 22.8 Å². The fourth-order valence-electron chi connectivity index (χ4n) is 1.15. The van der Waals surface area contributed by atoms with E-state index in [2.05, 4.69) is 5.32 Å². The normalized spacial score (nSPS) is 21.9. The Balaban J connectivity index is 2.28. The third kappa shape index (κ3) is 2.90. The van der Waals surface area contributed by atoms with Gasteiger partial charge >= 0.3 is 12.1 Å². The Morgan fingerprint density at radius 3 is 2.64 bits per heavy atom. The van der Waals surface area contributed by atoms with Gasteiger partial charge in [0.15, 0.2) is 0 Å². The highest BCUT2D eigenvalue weighted by atomic mass is 19.4. The second-order valence-electron chi connectivity index (χ2n) is 3.08. The number of nitrogens with one attached hydrogen (secondary N) is 2. The smallest absolute Gasteiger partial charge is 0.356 e. The van der Waals surface area contributed by atoms with Crippen molar-refractivity contribution < 1.29 is 22.8 Å². The molecule has 4 nitrogen and oxygen atoms in total. The average Bonchev–Trinajstić information content (AvgIpc) is 2.45. The maximum Gasteiger partial charge on any atom is 0.471 e. The predicted octanol–water partition coefficient (Wildman–Crippen LogP) is -0.199. The summed E-state index contributed by atoms with van der Waals surface area (Å²) in [6.45, 7) is 0.189. The van der Waals surface area contributed by atoms with Crippen molar-refractivity contribution in [1.29, 1.82) is 0 Å². The minimum absolute atomic E-state index is 0.128. The van der Waals surface area contributed by atoms with E-state index in [0.717, 1.165) is 0 Å². The van der Waals surface area contributed by atoms with Crippen LogP contribution in [-0.2, 0) is 9.59 Å². The molecule has 1 heterocycles. The van der Waals surface area contributed by atoms with Gasteiger partial charge in [-0.1, -0.05) is 0 Å². The van der Waals surface area contributed by atoms with Crippen LogP contribution in [0.15, 0.2) is 0 Å². The number of carbonyl (C=O) groups is 2. The van der Waals surface area contributed by atoms with Gasteiger partial charge in [0, 0.05) is 25.4 Å². The van der Waals surface area contributed by atoms with Crippen molar-refractivity contribution in [2.45, 2.75) is 12.6 Å². The Hall–Kier alpha value is -1.27. The molecule has 0 aliphatic carbocycles. The molecule has 2 N–H and O–H groups in total. The molecule has 1 atom stereocenters. The van der Waals surface area contributed by atoms with Gasteiger partial charge in [-0.15, -0.1) is 0 Å². The topological polar surface area (TPSA) is 58.2 Å².